The Bertz CT molecular complexity index is 496. The van der Waals surface area contributed by atoms with E-state index >= 15 is 0 Å². The molecule has 4 nitrogen and oxygen atoms in total. The maximum Gasteiger partial charge on any atom is 0.115 e. The van der Waals surface area contributed by atoms with Crippen molar-refractivity contribution in [1.29, 1.82) is 0 Å². The second-order valence-electron chi connectivity index (χ2n) is 3.94. The summed E-state index contributed by atoms with van der Waals surface area (Å²) in [5, 5.41) is 12.5. The molecule has 0 spiro atoms. The molecule has 0 saturated carbocycles. The summed E-state index contributed by atoms with van der Waals surface area (Å²) in [6.07, 6.45) is 3.38. The predicted octanol–water partition coefficient (Wildman–Crippen LogP) is 2.66. The van der Waals surface area contributed by atoms with Gasteiger partial charge in [0.05, 0.1) is 17.4 Å². The van der Waals surface area contributed by atoms with Crippen LogP contribution in [0.5, 0.6) is 5.75 Å². The van der Waals surface area contributed by atoms with E-state index in [1.54, 1.807) is 24.5 Å². The van der Waals surface area contributed by atoms with Crippen molar-refractivity contribution in [3.8, 4) is 5.75 Å². The van der Waals surface area contributed by atoms with Crippen LogP contribution in [0.15, 0.2) is 36.7 Å². The summed E-state index contributed by atoms with van der Waals surface area (Å²) < 4.78 is 0. The predicted molar refractivity (Wildman–Crippen MR) is 66.9 cm³/mol. The van der Waals surface area contributed by atoms with Crippen LogP contribution >= 0.6 is 0 Å². The number of phenolic OH excluding ortho intramolecular Hbond substituents is 1. The first-order valence-electron chi connectivity index (χ1n) is 5.50. The standard InChI is InChI=1S/C13H15N3O/c1-9-13(15-8-7-14-9)10(2)16-11-3-5-12(17)6-4-11/h3-8,10,16-17H,1-2H3. The third-order valence-corrected chi connectivity index (χ3v) is 2.58. The number of rotatable bonds is 3. The molecule has 2 aromatic rings. The van der Waals surface area contributed by atoms with Gasteiger partial charge in [0.1, 0.15) is 5.75 Å². The summed E-state index contributed by atoms with van der Waals surface area (Å²) in [5.74, 6) is 0.263. The second-order valence-corrected chi connectivity index (χ2v) is 3.94. The van der Waals surface area contributed by atoms with Crippen LogP contribution < -0.4 is 5.32 Å². The number of phenols is 1. The molecule has 2 N–H and O–H groups in total. The fourth-order valence-corrected chi connectivity index (χ4v) is 1.72. The Kier molecular flexibility index (Phi) is 3.23. The minimum atomic E-state index is 0.0771. The van der Waals surface area contributed by atoms with Crippen molar-refractivity contribution in [3.63, 3.8) is 0 Å². The summed E-state index contributed by atoms with van der Waals surface area (Å²) in [7, 11) is 0. The molecule has 4 heteroatoms. The molecule has 1 heterocycles. The smallest absolute Gasteiger partial charge is 0.115 e. The fourth-order valence-electron chi connectivity index (χ4n) is 1.72. The highest BCUT2D eigenvalue weighted by Gasteiger charge is 2.09. The van der Waals surface area contributed by atoms with Crippen LogP contribution in [0.1, 0.15) is 24.4 Å². The molecule has 1 aromatic heterocycles. The maximum atomic E-state index is 9.20. The number of hydrogen-bond acceptors (Lipinski definition) is 4. The van der Waals surface area contributed by atoms with Gasteiger partial charge in [-0.1, -0.05) is 0 Å². The largest absolute Gasteiger partial charge is 0.508 e. The van der Waals surface area contributed by atoms with Crippen molar-refractivity contribution < 1.29 is 5.11 Å². The number of aromatic nitrogens is 2. The van der Waals surface area contributed by atoms with E-state index in [4.69, 9.17) is 0 Å². The molecule has 17 heavy (non-hydrogen) atoms. The van der Waals surface area contributed by atoms with Gasteiger partial charge in [-0.15, -0.1) is 0 Å². The zero-order valence-corrected chi connectivity index (χ0v) is 9.88. The summed E-state index contributed by atoms with van der Waals surface area (Å²) in [6.45, 7) is 3.97. The van der Waals surface area contributed by atoms with E-state index in [1.165, 1.54) is 0 Å². The van der Waals surface area contributed by atoms with Gasteiger partial charge >= 0.3 is 0 Å². The van der Waals surface area contributed by atoms with Gasteiger partial charge in [-0.05, 0) is 38.1 Å². The van der Waals surface area contributed by atoms with Gasteiger partial charge in [0.15, 0.2) is 0 Å². The van der Waals surface area contributed by atoms with Gasteiger partial charge in [-0.2, -0.15) is 0 Å². The van der Waals surface area contributed by atoms with Gasteiger partial charge in [-0.25, -0.2) is 0 Å². The molecule has 0 bridgehead atoms. The highest BCUT2D eigenvalue weighted by Crippen LogP contribution is 2.20. The Labute approximate surface area is 100 Å². The van der Waals surface area contributed by atoms with Crippen molar-refractivity contribution >= 4 is 5.69 Å². The van der Waals surface area contributed by atoms with Crippen molar-refractivity contribution in [2.75, 3.05) is 5.32 Å². The van der Waals surface area contributed by atoms with Gasteiger partial charge in [0, 0.05) is 18.1 Å². The first-order chi connectivity index (χ1) is 8.16. The first-order valence-corrected chi connectivity index (χ1v) is 5.50. The Morgan fingerprint density at radius 3 is 2.41 bits per heavy atom. The minimum absolute atomic E-state index is 0.0771. The van der Waals surface area contributed by atoms with E-state index in [2.05, 4.69) is 15.3 Å². The Hall–Kier alpha value is -2.10. The van der Waals surface area contributed by atoms with E-state index < -0.39 is 0 Å². The number of hydrogen-bond donors (Lipinski definition) is 2. The molecule has 0 fully saturated rings. The number of anilines is 1. The quantitative estimate of drug-likeness (QED) is 0.794. The lowest BCUT2D eigenvalue weighted by molar-refractivity contribution is 0.475. The Morgan fingerprint density at radius 1 is 1.12 bits per heavy atom. The first kappa shape index (κ1) is 11.4. The van der Waals surface area contributed by atoms with E-state index in [0.717, 1.165) is 17.1 Å². The van der Waals surface area contributed by atoms with Crippen LogP contribution in [0.3, 0.4) is 0 Å². The zero-order chi connectivity index (χ0) is 12.3. The minimum Gasteiger partial charge on any atom is -0.508 e. The summed E-state index contributed by atoms with van der Waals surface area (Å²) in [6, 6.07) is 7.04. The van der Waals surface area contributed by atoms with E-state index in [-0.39, 0.29) is 11.8 Å². The number of benzene rings is 1. The zero-order valence-electron chi connectivity index (χ0n) is 9.88. The molecular weight excluding hydrogens is 214 g/mol. The van der Waals surface area contributed by atoms with Crippen molar-refractivity contribution in [1.82, 2.24) is 9.97 Å². The number of aryl methyl sites for hydroxylation is 1. The molecule has 1 unspecified atom stereocenters. The maximum absolute atomic E-state index is 9.20. The molecule has 0 aliphatic rings. The van der Waals surface area contributed by atoms with E-state index in [9.17, 15) is 5.11 Å². The van der Waals surface area contributed by atoms with Crippen molar-refractivity contribution in [2.24, 2.45) is 0 Å². The summed E-state index contributed by atoms with van der Waals surface area (Å²) >= 11 is 0. The lowest BCUT2D eigenvalue weighted by Gasteiger charge is -2.15. The molecule has 0 saturated heterocycles. The normalized spacial score (nSPS) is 12.1. The molecule has 0 aliphatic heterocycles. The molecule has 0 aliphatic carbocycles. The summed E-state index contributed by atoms with van der Waals surface area (Å²) in [5.41, 5.74) is 2.80. The lowest BCUT2D eigenvalue weighted by Crippen LogP contribution is -2.10. The topological polar surface area (TPSA) is 58.0 Å². The third kappa shape index (κ3) is 2.72. The molecule has 0 radical (unpaired) electrons. The van der Waals surface area contributed by atoms with Crippen molar-refractivity contribution in [3.05, 3.63) is 48.0 Å². The number of nitrogens with one attached hydrogen (secondary N) is 1. The van der Waals surface area contributed by atoms with Crippen LogP contribution in [0, 0.1) is 6.92 Å². The Morgan fingerprint density at radius 2 is 1.76 bits per heavy atom. The average Bonchev–Trinajstić information content (AvgIpc) is 2.32. The van der Waals surface area contributed by atoms with Crippen LogP contribution in [-0.4, -0.2) is 15.1 Å². The number of nitrogens with zero attached hydrogens (tertiary/aromatic N) is 2. The van der Waals surface area contributed by atoms with Gasteiger partial charge in [0.2, 0.25) is 0 Å². The van der Waals surface area contributed by atoms with E-state index in [0.29, 0.717) is 0 Å². The lowest BCUT2D eigenvalue weighted by atomic mass is 10.1. The van der Waals surface area contributed by atoms with Crippen molar-refractivity contribution in [2.45, 2.75) is 19.9 Å². The van der Waals surface area contributed by atoms with Crippen LogP contribution in [0.25, 0.3) is 0 Å². The molecule has 2 rings (SSSR count). The van der Waals surface area contributed by atoms with E-state index in [1.807, 2.05) is 26.0 Å². The SMILES string of the molecule is Cc1nccnc1C(C)Nc1ccc(O)cc1. The third-order valence-electron chi connectivity index (χ3n) is 2.58. The second kappa shape index (κ2) is 4.82. The van der Waals surface area contributed by atoms with Gasteiger partial charge in [0.25, 0.3) is 0 Å². The number of aromatic hydroxyl groups is 1. The molecule has 1 aromatic carbocycles. The summed E-state index contributed by atoms with van der Waals surface area (Å²) in [4.78, 5) is 8.53. The molecule has 0 amide bonds. The molecule has 1 atom stereocenters. The highest BCUT2D eigenvalue weighted by atomic mass is 16.3. The van der Waals surface area contributed by atoms with Crippen LogP contribution in [-0.2, 0) is 0 Å². The highest BCUT2D eigenvalue weighted by molar-refractivity contribution is 5.47. The fraction of sp³-hybridized carbons (Fsp3) is 0.231. The average molecular weight is 229 g/mol. The Balaban J connectivity index is 2.14. The van der Waals surface area contributed by atoms with Crippen LogP contribution in [0.4, 0.5) is 5.69 Å². The monoisotopic (exact) mass is 229 g/mol. The van der Waals surface area contributed by atoms with Crippen LogP contribution in [0.2, 0.25) is 0 Å². The molecule has 88 valence electrons. The van der Waals surface area contributed by atoms with Gasteiger partial charge < -0.3 is 10.4 Å². The molecular formula is C13H15N3O. The van der Waals surface area contributed by atoms with Gasteiger partial charge in [-0.3, -0.25) is 9.97 Å².